The second kappa shape index (κ2) is 8.55. The Labute approximate surface area is 184 Å². The van der Waals surface area contributed by atoms with Crippen LogP contribution in [-0.4, -0.2) is 33.4 Å². The number of phenols is 1. The Kier molecular flexibility index (Phi) is 6.40. The van der Waals surface area contributed by atoms with Crippen LogP contribution in [0, 0.1) is 5.92 Å². The molecule has 3 atom stereocenters. The molecule has 2 aliphatic heterocycles. The van der Waals surface area contributed by atoms with E-state index in [4.69, 9.17) is 4.74 Å². The van der Waals surface area contributed by atoms with Crippen molar-refractivity contribution in [3.05, 3.63) is 23.3 Å². The number of aliphatic hydroxyl groups is 1. The van der Waals surface area contributed by atoms with Gasteiger partial charge in [-0.3, -0.25) is 0 Å². The molecule has 2 heterocycles. The highest BCUT2D eigenvalue weighted by Crippen LogP contribution is 2.59. The summed E-state index contributed by atoms with van der Waals surface area (Å²) >= 11 is 4.08. The molecule has 0 amide bonds. The van der Waals surface area contributed by atoms with Crippen molar-refractivity contribution in [2.75, 3.05) is 11.5 Å². The molecule has 1 aliphatic carbocycles. The Morgan fingerprint density at radius 1 is 1.10 bits per heavy atom. The molecule has 162 valence electrons. The van der Waals surface area contributed by atoms with Gasteiger partial charge in [-0.15, -0.1) is 23.5 Å². The Morgan fingerprint density at radius 2 is 1.86 bits per heavy atom. The number of aliphatic hydroxyl groups excluding tert-OH is 1. The summed E-state index contributed by atoms with van der Waals surface area (Å²) in [6, 6.07) is 4.24. The van der Waals surface area contributed by atoms with E-state index in [9.17, 15) is 10.2 Å². The van der Waals surface area contributed by atoms with Crippen LogP contribution in [0.15, 0.2) is 12.1 Å². The molecule has 5 heteroatoms. The fraction of sp³-hybridized carbons (Fsp3) is 0.750. The van der Waals surface area contributed by atoms with Crippen LogP contribution in [-0.2, 0) is 4.08 Å². The maximum absolute atomic E-state index is 11.1. The van der Waals surface area contributed by atoms with Crippen molar-refractivity contribution in [3.63, 3.8) is 0 Å². The number of hydrogen-bond acceptors (Lipinski definition) is 5. The molecule has 3 nitrogen and oxygen atoms in total. The van der Waals surface area contributed by atoms with Crippen LogP contribution in [0.5, 0.6) is 11.5 Å². The first-order valence-corrected chi connectivity index (χ1v) is 13.4. The zero-order valence-corrected chi connectivity index (χ0v) is 19.7. The summed E-state index contributed by atoms with van der Waals surface area (Å²) in [7, 11) is 0. The van der Waals surface area contributed by atoms with E-state index in [0.717, 1.165) is 37.0 Å². The van der Waals surface area contributed by atoms with Gasteiger partial charge in [0.05, 0.1) is 10.2 Å². The van der Waals surface area contributed by atoms with Gasteiger partial charge in [0, 0.05) is 28.9 Å². The van der Waals surface area contributed by atoms with Gasteiger partial charge >= 0.3 is 0 Å². The average Bonchev–Trinajstić information content (AvgIpc) is 3.14. The third-order valence-electron chi connectivity index (χ3n) is 7.13. The van der Waals surface area contributed by atoms with E-state index < -0.39 is 0 Å². The Bertz CT molecular complexity index is 727. The number of rotatable bonds is 6. The first-order valence-electron chi connectivity index (χ1n) is 11.4. The van der Waals surface area contributed by atoms with Gasteiger partial charge < -0.3 is 14.9 Å². The van der Waals surface area contributed by atoms with Crippen LogP contribution in [0.3, 0.4) is 0 Å². The highest BCUT2D eigenvalue weighted by molar-refractivity contribution is 8.20. The van der Waals surface area contributed by atoms with Gasteiger partial charge in [0.1, 0.15) is 17.1 Å². The predicted molar refractivity (Wildman–Crippen MR) is 124 cm³/mol. The summed E-state index contributed by atoms with van der Waals surface area (Å²) in [5.41, 5.74) is 1.88. The first kappa shape index (κ1) is 21.7. The Balaban J connectivity index is 1.68. The zero-order chi connectivity index (χ0) is 20.6. The van der Waals surface area contributed by atoms with Crippen molar-refractivity contribution in [2.45, 2.75) is 93.8 Å². The summed E-state index contributed by atoms with van der Waals surface area (Å²) in [6.45, 7) is 6.61. The number of aromatic hydroxyl groups is 1. The monoisotopic (exact) mass is 436 g/mol. The molecular formula is C24H36O3S2. The SMILES string of the molecule is CCCCCCC1(c2cc(O)c3c(c2)OC(C)(C)C2CC[C@@H](O)CC32)SCCS1. The molecule has 0 bridgehead atoms. The average molecular weight is 437 g/mol. The molecule has 3 aliphatic rings. The largest absolute Gasteiger partial charge is 0.508 e. The summed E-state index contributed by atoms with van der Waals surface area (Å²) < 4.78 is 6.57. The molecule has 0 spiro atoms. The molecule has 1 aromatic rings. The van der Waals surface area contributed by atoms with Crippen LogP contribution < -0.4 is 4.74 Å². The lowest BCUT2D eigenvalue weighted by Gasteiger charge is -2.48. The highest BCUT2D eigenvalue weighted by Gasteiger charge is 2.48. The van der Waals surface area contributed by atoms with Crippen LogP contribution in [0.2, 0.25) is 0 Å². The highest BCUT2D eigenvalue weighted by atomic mass is 32.2. The van der Waals surface area contributed by atoms with Crippen molar-refractivity contribution in [3.8, 4) is 11.5 Å². The normalized spacial score (nSPS) is 29.7. The van der Waals surface area contributed by atoms with E-state index in [1.165, 1.54) is 42.8 Å². The second-order valence-electron chi connectivity index (χ2n) is 9.55. The minimum atomic E-state index is -0.275. The molecule has 1 saturated carbocycles. The van der Waals surface area contributed by atoms with E-state index in [1.54, 1.807) is 0 Å². The molecule has 0 radical (unpaired) electrons. The van der Waals surface area contributed by atoms with Gasteiger partial charge in [-0.25, -0.2) is 0 Å². The number of benzene rings is 1. The van der Waals surface area contributed by atoms with Crippen LogP contribution in [0.25, 0.3) is 0 Å². The lowest BCUT2D eigenvalue weighted by Crippen LogP contribution is -2.47. The molecule has 29 heavy (non-hydrogen) atoms. The molecule has 1 aromatic carbocycles. The summed E-state index contributed by atoms with van der Waals surface area (Å²) in [4.78, 5) is 0. The fourth-order valence-electron chi connectivity index (χ4n) is 5.64. The van der Waals surface area contributed by atoms with Crippen molar-refractivity contribution < 1.29 is 14.9 Å². The number of thioether (sulfide) groups is 2. The minimum absolute atomic E-state index is 0.0384. The van der Waals surface area contributed by atoms with E-state index >= 15 is 0 Å². The lowest BCUT2D eigenvalue weighted by molar-refractivity contribution is -0.0317. The number of unbranched alkanes of at least 4 members (excludes halogenated alkanes) is 3. The smallest absolute Gasteiger partial charge is 0.127 e. The predicted octanol–water partition coefficient (Wildman–Crippen LogP) is 6.41. The van der Waals surface area contributed by atoms with Crippen molar-refractivity contribution in [1.82, 2.24) is 0 Å². The molecule has 2 N–H and O–H groups in total. The van der Waals surface area contributed by atoms with Crippen molar-refractivity contribution >= 4 is 23.5 Å². The Hall–Kier alpha value is -0.520. The van der Waals surface area contributed by atoms with E-state index in [-0.39, 0.29) is 21.7 Å². The molecule has 1 saturated heterocycles. The molecular weight excluding hydrogens is 400 g/mol. The van der Waals surface area contributed by atoms with Crippen molar-refractivity contribution in [1.29, 1.82) is 0 Å². The minimum Gasteiger partial charge on any atom is -0.508 e. The Morgan fingerprint density at radius 3 is 2.59 bits per heavy atom. The van der Waals surface area contributed by atoms with Gasteiger partial charge in [-0.2, -0.15) is 0 Å². The van der Waals surface area contributed by atoms with Gasteiger partial charge in [0.25, 0.3) is 0 Å². The maximum atomic E-state index is 11.1. The van der Waals surface area contributed by atoms with Gasteiger partial charge in [0.15, 0.2) is 0 Å². The van der Waals surface area contributed by atoms with E-state index in [1.807, 2.05) is 29.6 Å². The van der Waals surface area contributed by atoms with Crippen LogP contribution in [0.4, 0.5) is 0 Å². The standard InChI is InChI=1S/C24H36O3S2/c1-4-5-6-7-10-24(28-11-12-29-24)16-13-20(26)22-18-15-17(25)8-9-19(18)23(2,3)27-21(22)14-16/h13-14,17-19,25-26H,4-12,15H2,1-3H3/t17-,18?,19?/m1/s1. The zero-order valence-electron chi connectivity index (χ0n) is 18.1. The van der Waals surface area contributed by atoms with Crippen LogP contribution in [0.1, 0.15) is 89.2 Å². The van der Waals surface area contributed by atoms with Gasteiger partial charge in [-0.1, -0.05) is 32.6 Å². The summed E-state index contributed by atoms with van der Waals surface area (Å²) in [5, 5.41) is 21.5. The molecule has 2 unspecified atom stereocenters. The first-order chi connectivity index (χ1) is 13.9. The lowest BCUT2D eigenvalue weighted by atomic mass is 9.66. The van der Waals surface area contributed by atoms with Crippen LogP contribution >= 0.6 is 23.5 Å². The number of ether oxygens (including phenoxy) is 1. The fourth-order valence-corrected chi connectivity index (χ4v) is 8.95. The topological polar surface area (TPSA) is 49.7 Å². The maximum Gasteiger partial charge on any atom is 0.127 e. The van der Waals surface area contributed by atoms with Gasteiger partial charge in [0.2, 0.25) is 0 Å². The van der Waals surface area contributed by atoms with E-state index in [2.05, 4.69) is 26.8 Å². The van der Waals surface area contributed by atoms with Gasteiger partial charge in [-0.05, 0) is 57.2 Å². The summed E-state index contributed by atoms with van der Waals surface area (Å²) in [6.07, 6.45) is 8.44. The third kappa shape index (κ3) is 4.16. The van der Waals surface area contributed by atoms with Crippen molar-refractivity contribution in [2.24, 2.45) is 5.92 Å². The number of hydrogen-bond donors (Lipinski definition) is 2. The quantitative estimate of drug-likeness (QED) is 0.505. The number of phenolic OH excluding ortho intramolecular Hbond substituents is 1. The third-order valence-corrected chi connectivity index (χ3v) is 10.7. The van der Waals surface area contributed by atoms with E-state index in [0.29, 0.717) is 11.7 Å². The molecule has 4 rings (SSSR count). The second-order valence-corrected chi connectivity index (χ2v) is 12.6. The summed E-state index contributed by atoms with van der Waals surface area (Å²) in [5.74, 6) is 4.07. The molecule has 0 aromatic heterocycles. The number of fused-ring (bicyclic) bond motifs is 3. The molecule has 2 fully saturated rings.